The Balaban J connectivity index is 2.55. The predicted octanol–water partition coefficient (Wildman–Crippen LogP) is -1.01. The molecule has 106 valence electrons. The smallest absolute Gasteiger partial charge is 0.330 e. The minimum absolute atomic E-state index is 0.369. The molecular formula is C12H18N2O5. The van der Waals surface area contributed by atoms with Gasteiger partial charge in [-0.1, -0.05) is 6.92 Å². The van der Waals surface area contributed by atoms with E-state index in [9.17, 15) is 19.8 Å². The maximum atomic E-state index is 11.9. The Morgan fingerprint density at radius 2 is 2.11 bits per heavy atom. The minimum Gasteiger partial charge on any atom is -0.393 e. The normalized spacial score (nSPS) is 38.6. The fraction of sp³-hybridized carbons (Fsp3) is 0.667. The van der Waals surface area contributed by atoms with Crippen LogP contribution in [0.25, 0.3) is 0 Å². The van der Waals surface area contributed by atoms with Crippen molar-refractivity contribution in [2.24, 2.45) is 5.92 Å². The molecule has 19 heavy (non-hydrogen) atoms. The van der Waals surface area contributed by atoms with Gasteiger partial charge in [0.1, 0.15) is 5.60 Å². The summed E-state index contributed by atoms with van der Waals surface area (Å²) in [6.07, 6.45) is 0.398. The number of aromatic amines is 1. The molecule has 1 aromatic heterocycles. The Bertz CT molecular complexity index is 594. The van der Waals surface area contributed by atoms with Crippen LogP contribution in [0.4, 0.5) is 0 Å². The first kappa shape index (κ1) is 14.0. The van der Waals surface area contributed by atoms with Crippen LogP contribution in [0.3, 0.4) is 0 Å². The molecule has 0 bridgehead atoms. The van der Waals surface area contributed by atoms with Gasteiger partial charge < -0.3 is 14.9 Å². The van der Waals surface area contributed by atoms with Gasteiger partial charge in [-0.05, 0) is 13.8 Å². The van der Waals surface area contributed by atoms with Crippen molar-refractivity contribution in [3.8, 4) is 0 Å². The molecule has 2 heterocycles. The van der Waals surface area contributed by atoms with Crippen molar-refractivity contribution < 1.29 is 14.9 Å². The summed E-state index contributed by atoms with van der Waals surface area (Å²) in [7, 11) is 0. The van der Waals surface area contributed by atoms with Gasteiger partial charge in [0.05, 0.1) is 12.7 Å². The average molecular weight is 270 g/mol. The highest BCUT2D eigenvalue weighted by Gasteiger charge is 2.57. The van der Waals surface area contributed by atoms with Gasteiger partial charge in [0.2, 0.25) is 0 Å². The second-order valence-corrected chi connectivity index (χ2v) is 5.34. The van der Waals surface area contributed by atoms with Crippen molar-refractivity contribution in [2.45, 2.75) is 38.2 Å². The molecule has 4 atom stereocenters. The summed E-state index contributed by atoms with van der Waals surface area (Å²) in [6, 6.07) is 1.21. The number of hydrogen-bond acceptors (Lipinski definition) is 5. The van der Waals surface area contributed by atoms with E-state index in [1.165, 1.54) is 16.8 Å². The van der Waals surface area contributed by atoms with Crippen molar-refractivity contribution >= 4 is 0 Å². The molecule has 0 aromatic carbocycles. The van der Waals surface area contributed by atoms with Gasteiger partial charge in [-0.15, -0.1) is 0 Å². The predicted molar refractivity (Wildman–Crippen MR) is 66.7 cm³/mol. The summed E-state index contributed by atoms with van der Waals surface area (Å²) >= 11 is 0. The third-order valence-electron chi connectivity index (χ3n) is 4.00. The summed E-state index contributed by atoms with van der Waals surface area (Å²) < 4.78 is 6.98. The summed E-state index contributed by atoms with van der Waals surface area (Å²) in [4.78, 5) is 25.1. The highest BCUT2D eigenvalue weighted by Crippen LogP contribution is 2.44. The van der Waals surface area contributed by atoms with Crippen LogP contribution >= 0.6 is 0 Å². The number of nitrogens with zero attached hydrogens (tertiary/aromatic N) is 1. The number of rotatable bonds is 2. The van der Waals surface area contributed by atoms with E-state index in [1.807, 2.05) is 0 Å². The van der Waals surface area contributed by atoms with Crippen LogP contribution in [0, 0.1) is 5.92 Å². The van der Waals surface area contributed by atoms with E-state index < -0.39 is 34.6 Å². The first-order chi connectivity index (χ1) is 8.74. The Hall–Kier alpha value is -1.44. The first-order valence-corrected chi connectivity index (χ1v) is 6.06. The number of ether oxygens (including phenoxy) is 1. The number of aliphatic hydroxyl groups excluding tert-OH is 2. The first-order valence-electron chi connectivity index (χ1n) is 6.06. The maximum absolute atomic E-state index is 11.9. The van der Waals surface area contributed by atoms with Crippen molar-refractivity contribution in [1.29, 1.82) is 0 Å². The molecule has 1 aliphatic rings. The summed E-state index contributed by atoms with van der Waals surface area (Å²) in [5.41, 5.74) is -3.40. The number of nitrogens with one attached hydrogen (secondary N) is 1. The van der Waals surface area contributed by atoms with Crippen LogP contribution in [-0.4, -0.2) is 38.1 Å². The number of aliphatic hydroxyl groups is 2. The van der Waals surface area contributed by atoms with Crippen molar-refractivity contribution in [2.75, 3.05) is 6.61 Å². The van der Waals surface area contributed by atoms with E-state index in [1.54, 1.807) is 20.8 Å². The molecular weight excluding hydrogens is 252 g/mol. The van der Waals surface area contributed by atoms with Gasteiger partial charge >= 0.3 is 5.69 Å². The Morgan fingerprint density at radius 3 is 2.58 bits per heavy atom. The molecule has 4 unspecified atom stereocenters. The standard InChI is InChI=1S/C12H18N2O5/c1-7-9(17)11(2,6-15)19-12(7,3)14-5-4-8(16)13-10(14)18/h4-5,7,9,15,17H,6H2,1-3H3,(H,13,16,18). The highest BCUT2D eigenvalue weighted by molar-refractivity contribution is 5.03. The van der Waals surface area contributed by atoms with E-state index in [-0.39, 0.29) is 6.61 Å². The lowest BCUT2D eigenvalue weighted by Gasteiger charge is -2.32. The zero-order valence-electron chi connectivity index (χ0n) is 11.1. The van der Waals surface area contributed by atoms with Gasteiger partial charge in [-0.2, -0.15) is 0 Å². The fourth-order valence-corrected chi connectivity index (χ4v) is 2.61. The number of aromatic nitrogens is 2. The molecule has 0 aliphatic carbocycles. The molecule has 1 aromatic rings. The molecule has 1 aliphatic heterocycles. The SMILES string of the molecule is CC1C(O)C(C)(CO)OC1(C)n1ccc(=O)[nH]c1=O. The zero-order chi connectivity index (χ0) is 14.4. The van der Waals surface area contributed by atoms with Crippen LogP contribution in [0.2, 0.25) is 0 Å². The third-order valence-corrected chi connectivity index (χ3v) is 4.00. The van der Waals surface area contributed by atoms with Crippen LogP contribution in [0.15, 0.2) is 21.9 Å². The molecule has 0 amide bonds. The molecule has 0 saturated carbocycles. The van der Waals surface area contributed by atoms with Crippen molar-refractivity contribution in [3.05, 3.63) is 33.1 Å². The van der Waals surface area contributed by atoms with E-state index in [4.69, 9.17) is 4.74 Å². The fourth-order valence-electron chi connectivity index (χ4n) is 2.61. The molecule has 1 saturated heterocycles. The Labute approximate surface area is 109 Å². The molecule has 7 nitrogen and oxygen atoms in total. The van der Waals surface area contributed by atoms with Crippen molar-refractivity contribution in [1.82, 2.24) is 9.55 Å². The largest absolute Gasteiger partial charge is 0.393 e. The van der Waals surface area contributed by atoms with E-state index in [2.05, 4.69) is 4.98 Å². The van der Waals surface area contributed by atoms with Gasteiger partial charge in [-0.3, -0.25) is 14.3 Å². The quantitative estimate of drug-likeness (QED) is 0.638. The topological polar surface area (TPSA) is 105 Å². The van der Waals surface area contributed by atoms with E-state index in [0.717, 1.165) is 0 Å². The van der Waals surface area contributed by atoms with Crippen LogP contribution in [-0.2, 0) is 10.5 Å². The van der Waals surface area contributed by atoms with E-state index >= 15 is 0 Å². The van der Waals surface area contributed by atoms with Crippen molar-refractivity contribution in [3.63, 3.8) is 0 Å². The second kappa shape index (κ2) is 4.29. The lowest BCUT2D eigenvalue weighted by molar-refractivity contribution is -0.167. The van der Waals surface area contributed by atoms with Gasteiger partial charge in [0.25, 0.3) is 5.56 Å². The molecule has 3 N–H and O–H groups in total. The van der Waals surface area contributed by atoms with Crippen LogP contribution in [0.1, 0.15) is 20.8 Å². The number of hydrogen-bond donors (Lipinski definition) is 3. The molecule has 0 spiro atoms. The second-order valence-electron chi connectivity index (χ2n) is 5.34. The van der Waals surface area contributed by atoms with Gasteiger partial charge in [0, 0.05) is 18.2 Å². The lowest BCUT2D eigenvalue weighted by Crippen LogP contribution is -2.46. The highest BCUT2D eigenvalue weighted by atomic mass is 16.6. The summed E-state index contributed by atoms with van der Waals surface area (Å²) in [5.74, 6) is -0.437. The molecule has 1 fully saturated rings. The minimum atomic E-state index is -1.15. The maximum Gasteiger partial charge on any atom is 0.330 e. The molecule has 2 rings (SSSR count). The Kier molecular flexibility index (Phi) is 3.16. The zero-order valence-corrected chi connectivity index (χ0v) is 11.1. The van der Waals surface area contributed by atoms with Gasteiger partial charge in [-0.25, -0.2) is 4.79 Å². The monoisotopic (exact) mass is 270 g/mol. The molecule has 0 radical (unpaired) electrons. The third kappa shape index (κ3) is 1.94. The average Bonchev–Trinajstić information content (AvgIpc) is 2.52. The Morgan fingerprint density at radius 1 is 1.47 bits per heavy atom. The van der Waals surface area contributed by atoms with Crippen LogP contribution < -0.4 is 11.2 Å². The van der Waals surface area contributed by atoms with Gasteiger partial charge in [0.15, 0.2) is 5.72 Å². The molecule has 7 heteroatoms. The lowest BCUT2D eigenvalue weighted by atomic mass is 9.89. The summed E-state index contributed by atoms with van der Waals surface area (Å²) in [5, 5.41) is 19.6. The van der Waals surface area contributed by atoms with Crippen LogP contribution in [0.5, 0.6) is 0 Å². The van der Waals surface area contributed by atoms with E-state index in [0.29, 0.717) is 0 Å². The number of H-pyrrole nitrogens is 1. The summed E-state index contributed by atoms with van der Waals surface area (Å²) in [6.45, 7) is 4.58.